The van der Waals surface area contributed by atoms with Crippen LogP contribution in [-0.2, 0) is 11.2 Å². The van der Waals surface area contributed by atoms with E-state index in [2.05, 4.69) is 23.7 Å². The molecule has 1 aliphatic rings. The lowest BCUT2D eigenvalue weighted by atomic mass is 10.1. The Morgan fingerprint density at radius 2 is 2.47 bits per heavy atom. The molecule has 0 radical (unpaired) electrons. The number of nitrogens with one attached hydrogen (secondary N) is 1. The second-order valence-corrected chi connectivity index (χ2v) is 5.84. The summed E-state index contributed by atoms with van der Waals surface area (Å²) in [5.74, 6) is 0.871. The van der Waals surface area contributed by atoms with Crippen LogP contribution in [0.2, 0.25) is 0 Å². The van der Waals surface area contributed by atoms with Gasteiger partial charge in [-0.1, -0.05) is 0 Å². The SMILES string of the molecule is Cc1ccsc1CC(=O)N(C)CC1CCNC1. The van der Waals surface area contributed by atoms with Crippen LogP contribution in [0.25, 0.3) is 0 Å². The van der Waals surface area contributed by atoms with Gasteiger partial charge in [0.1, 0.15) is 0 Å². The maximum atomic E-state index is 12.1. The number of nitrogens with zero attached hydrogens (tertiary/aromatic N) is 1. The van der Waals surface area contributed by atoms with Gasteiger partial charge in [0.2, 0.25) is 5.91 Å². The minimum Gasteiger partial charge on any atom is -0.345 e. The van der Waals surface area contributed by atoms with E-state index in [1.54, 1.807) is 11.3 Å². The predicted octanol–water partition coefficient (Wildman–Crippen LogP) is 1.67. The zero-order valence-electron chi connectivity index (χ0n) is 10.5. The minimum atomic E-state index is 0.238. The smallest absolute Gasteiger partial charge is 0.227 e. The molecule has 94 valence electrons. The highest BCUT2D eigenvalue weighted by Crippen LogP contribution is 2.17. The van der Waals surface area contributed by atoms with Crippen LogP contribution in [-0.4, -0.2) is 37.5 Å². The second-order valence-electron chi connectivity index (χ2n) is 4.84. The van der Waals surface area contributed by atoms with E-state index in [1.807, 2.05) is 11.9 Å². The van der Waals surface area contributed by atoms with Crippen molar-refractivity contribution in [3.8, 4) is 0 Å². The molecule has 1 saturated heterocycles. The first kappa shape index (κ1) is 12.6. The molecule has 1 N–H and O–H groups in total. The normalized spacial score (nSPS) is 19.5. The monoisotopic (exact) mass is 252 g/mol. The summed E-state index contributed by atoms with van der Waals surface area (Å²) in [5, 5.41) is 5.39. The molecular weight excluding hydrogens is 232 g/mol. The van der Waals surface area contributed by atoms with Gasteiger partial charge in [-0.3, -0.25) is 4.79 Å². The average Bonchev–Trinajstić information content (AvgIpc) is 2.91. The molecule has 1 fully saturated rings. The van der Waals surface area contributed by atoms with Crippen molar-refractivity contribution in [2.45, 2.75) is 19.8 Å². The van der Waals surface area contributed by atoms with E-state index in [9.17, 15) is 4.79 Å². The molecule has 1 aliphatic heterocycles. The van der Waals surface area contributed by atoms with Crippen LogP contribution in [0.3, 0.4) is 0 Å². The largest absolute Gasteiger partial charge is 0.345 e. The van der Waals surface area contributed by atoms with Gasteiger partial charge in [-0.25, -0.2) is 0 Å². The number of amides is 1. The van der Waals surface area contributed by atoms with Crippen molar-refractivity contribution in [1.82, 2.24) is 10.2 Å². The minimum absolute atomic E-state index is 0.238. The topological polar surface area (TPSA) is 32.3 Å². The standard InChI is InChI=1S/C13H20N2OS/c1-10-4-6-17-12(10)7-13(16)15(2)9-11-3-5-14-8-11/h4,6,11,14H,3,5,7-9H2,1-2H3. The summed E-state index contributed by atoms with van der Waals surface area (Å²) in [5.41, 5.74) is 1.24. The van der Waals surface area contributed by atoms with E-state index in [1.165, 1.54) is 16.9 Å². The lowest BCUT2D eigenvalue weighted by Gasteiger charge is -2.20. The number of carbonyl (C=O) groups is 1. The molecule has 2 heterocycles. The fourth-order valence-electron chi connectivity index (χ4n) is 2.22. The van der Waals surface area contributed by atoms with Crippen molar-refractivity contribution >= 4 is 17.2 Å². The van der Waals surface area contributed by atoms with E-state index in [-0.39, 0.29) is 5.91 Å². The summed E-state index contributed by atoms with van der Waals surface area (Å²) in [6, 6.07) is 2.08. The van der Waals surface area contributed by atoms with Crippen LogP contribution in [0, 0.1) is 12.8 Å². The predicted molar refractivity (Wildman–Crippen MR) is 71.4 cm³/mol. The average molecular weight is 252 g/mol. The molecule has 1 atom stereocenters. The van der Waals surface area contributed by atoms with Gasteiger partial charge in [0.05, 0.1) is 6.42 Å². The van der Waals surface area contributed by atoms with Crippen LogP contribution in [0.1, 0.15) is 16.9 Å². The number of rotatable bonds is 4. The highest BCUT2D eigenvalue weighted by molar-refractivity contribution is 7.10. The highest BCUT2D eigenvalue weighted by atomic mass is 32.1. The van der Waals surface area contributed by atoms with Crippen molar-refractivity contribution in [1.29, 1.82) is 0 Å². The van der Waals surface area contributed by atoms with E-state index >= 15 is 0 Å². The Hall–Kier alpha value is -0.870. The summed E-state index contributed by atoms with van der Waals surface area (Å²) in [6.07, 6.45) is 1.75. The summed E-state index contributed by atoms with van der Waals surface area (Å²) in [6.45, 7) is 5.10. The first-order valence-electron chi connectivity index (χ1n) is 6.14. The van der Waals surface area contributed by atoms with E-state index in [0.29, 0.717) is 12.3 Å². The summed E-state index contributed by atoms with van der Waals surface area (Å²) in [7, 11) is 1.92. The Morgan fingerprint density at radius 3 is 3.06 bits per heavy atom. The molecule has 0 saturated carbocycles. The Balaban J connectivity index is 1.84. The molecule has 0 aromatic carbocycles. The fourth-order valence-corrected chi connectivity index (χ4v) is 3.11. The second kappa shape index (κ2) is 5.65. The molecular formula is C13H20N2OS. The van der Waals surface area contributed by atoms with Gasteiger partial charge < -0.3 is 10.2 Å². The zero-order chi connectivity index (χ0) is 12.3. The van der Waals surface area contributed by atoms with Crippen LogP contribution in [0.15, 0.2) is 11.4 Å². The van der Waals surface area contributed by atoms with Crippen LogP contribution in [0.5, 0.6) is 0 Å². The van der Waals surface area contributed by atoms with E-state index < -0.39 is 0 Å². The Kier molecular flexibility index (Phi) is 4.18. The van der Waals surface area contributed by atoms with Crippen molar-refractivity contribution in [2.24, 2.45) is 5.92 Å². The fraction of sp³-hybridized carbons (Fsp3) is 0.615. The maximum absolute atomic E-state index is 12.1. The van der Waals surface area contributed by atoms with Gasteiger partial charge in [0, 0.05) is 18.5 Å². The van der Waals surface area contributed by atoms with Crippen molar-refractivity contribution < 1.29 is 4.79 Å². The van der Waals surface area contributed by atoms with Gasteiger partial charge >= 0.3 is 0 Å². The summed E-state index contributed by atoms with van der Waals surface area (Å²) >= 11 is 1.68. The number of hydrogen-bond acceptors (Lipinski definition) is 3. The number of likely N-dealkylation sites (N-methyl/N-ethyl adjacent to an activating group) is 1. The zero-order valence-corrected chi connectivity index (χ0v) is 11.3. The van der Waals surface area contributed by atoms with Gasteiger partial charge in [0.15, 0.2) is 0 Å². The first-order valence-corrected chi connectivity index (χ1v) is 7.02. The van der Waals surface area contributed by atoms with Crippen molar-refractivity contribution in [3.05, 3.63) is 21.9 Å². The highest BCUT2D eigenvalue weighted by Gasteiger charge is 2.19. The molecule has 1 amide bonds. The summed E-state index contributed by atoms with van der Waals surface area (Å²) in [4.78, 5) is 15.1. The Bertz CT molecular complexity index is 383. The molecule has 2 rings (SSSR count). The lowest BCUT2D eigenvalue weighted by Crippen LogP contribution is -2.33. The van der Waals surface area contributed by atoms with Gasteiger partial charge in [0.25, 0.3) is 0 Å². The van der Waals surface area contributed by atoms with Crippen LogP contribution >= 0.6 is 11.3 Å². The van der Waals surface area contributed by atoms with Crippen molar-refractivity contribution in [2.75, 3.05) is 26.7 Å². The van der Waals surface area contributed by atoms with Crippen LogP contribution in [0.4, 0.5) is 0 Å². The Morgan fingerprint density at radius 1 is 1.65 bits per heavy atom. The lowest BCUT2D eigenvalue weighted by molar-refractivity contribution is -0.129. The molecule has 1 unspecified atom stereocenters. The van der Waals surface area contributed by atoms with Gasteiger partial charge in [-0.15, -0.1) is 11.3 Å². The number of carbonyl (C=O) groups excluding carboxylic acids is 1. The van der Waals surface area contributed by atoms with E-state index in [0.717, 1.165) is 19.6 Å². The van der Waals surface area contributed by atoms with Gasteiger partial charge in [-0.2, -0.15) is 0 Å². The third kappa shape index (κ3) is 3.30. The maximum Gasteiger partial charge on any atom is 0.227 e. The summed E-state index contributed by atoms with van der Waals surface area (Å²) < 4.78 is 0. The quantitative estimate of drug-likeness (QED) is 0.884. The third-order valence-electron chi connectivity index (χ3n) is 3.40. The molecule has 1 aromatic heterocycles. The molecule has 1 aromatic rings. The molecule has 3 nitrogen and oxygen atoms in total. The number of thiophene rings is 1. The number of hydrogen-bond donors (Lipinski definition) is 1. The van der Waals surface area contributed by atoms with E-state index in [4.69, 9.17) is 0 Å². The molecule has 0 aliphatic carbocycles. The van der Waals surface area contributed by atoms with Crippen LogP contribution < -0.4 is 5.32 Å². The third-order valence-corrected chi connectivity index (χ3v) is 4.42. The van der Waals surface area contributed by atoms with Crippen molar-refractivity contribution in [3.63, 3.8) is 0 Å². The van der Waals surface area contributed by atoms with Gasteiger partial charge in [-0.05, 0) is 49.4 Å². The molecule has 4 heteroatoms. The molecule has 0 spiro atoms. The molecule has 17 heavy (non-hydrogen) atoms. The first-order chi connectivity index (χ1) is 8.16. The Labute approximate surface area is 107 Å². The number of aryl methyl sites for hydroxylation is 1. The molecule has 0 bridgehead atoms.